The summed E-state index contributed by atoms with van der Waals surface area (Å²) in [5.41, 5.74) is 2.42. The van der Waals surface area contributed by atoms with Crippen LogP contribution in [0.1, 0.15) is 84.5 Å². The fourth-order valence-electron chi connectivity index (χ4n) is 3.01. The van der Waals surface area contributed by atoms with Gasteiger partial charge in [-0.15, -0.1) is 10.2 Å². The van der Waals surface area contributed by atoms with Crippen LogP contribution >= 0.6 is 11.3 Å². The van der Waals surface area contributed by atoms with Crippen molar-refractivity contribution in [3.05, 3.63) is 33.5 Å². The van der Waals surface area contributed by atoms with E-state index in [0.29, 0.717) is 23.9 Å². The normalized spacial score (nSPS) is 14.4. The molecule has 0 bridgehead atoms. The number of fused-ring (bicyclic) bond motifs is 1. The van der Waals surface area contributed by atoms with Gasteiger partial charge in [-0.2, -0.15) is 5.10 Å². The van der Waals surface area contributed by atoms with Crippen LogP contribution in [0.25, 0.3) is 11.0 Å². The molecule has 1 fully saturated rings. The van der Waals surface area contributed by atoms with Crippen molar-refractivity contribution in [1.82, 2.24) is 30.3 Å². The van der Waals surface area contributed by atoms with Crippen molar-refractivity contribution in [3.8, 4) is 0 Å². The van der Waals surface area contributed by atoms with Crippen molar-refractivity contribution in [3.63, 3.8) is 0 Å². The van der Waals surface area contributed by atoms with Gasteiger partial charge >= 0.3 is 0 Å². The number of nitrogens with zero attached hydrogens (tertiary/aromatic N) is 5. The highest BCUT2D eigenvalue weighted by Gasteiger charge is 2.28. The smallest absolute Gasteiger partial charge is 0.252 e. The minimum absolute atomic E-state index is 0.117. The highest BCUT2D eigenvalue weighted by Crippen LogP contribution is 2.40. The van der Waals surface area contributed by atoms with Crippen LogP contribution in [0.3, 0.4) is 0 Å². The quantitative estimate of drug-likeness (QED) is 0.699. The molecule has 142 valence electrons. The van der Waals surface area contributed by atoms with E-state index in [9.17, 15) is 4.79 Å². The zero-order valence-corrected chi connectivity index (χ0v) is 16.9. The maximum absolute atomic E-state index is 12.9. The molecular weight excluding hydrogens is 360 g/mol. The fourth-order valence-corrected chi connectivity index (χ4v) is 3.80. The monoisotopic (exact) mass is 384 g/mol. The molecule has 7 nitrogen and oxygen atoms in total. The molecule has 0 saturated heterocycles. The molecule has 27 heavy (non-hydrogen) atoms. The van der Waals surface area contributed by atoms with Gasteiger partial charge in [-0.05, 0) is 32.8 Å². The summed E-state index contributed by atoms with van der Waals surface area (Å²) in [5.74, 6) is 0.692. The fraction of sp³-hybridized carbons (Fsp3) is 0.526. The van der Waals surface area contributed by atoms with Crippen molar-refractivity contribution < 1.29 is 4.79 Å². The van der Waals surface area contributed by atoms with Gasteiger partial charge in [0.25, 0.3) is 5.91 Å². The Kier molecular flexibility index (Phi) is 4.67. The molecule has 0 aliphatic heterocycles. The van der Waals surface area contributed by atoms with Gasteiger partial charge in [0.2, 0.25) is 0 Å². The third-order valence-electron chi connectivity index (χ3n) is 4.69. The van der Waals surface area contributed by atoms with E-state index in [1.807, 2.05) is 10.7 Å². The summed E-state index contributed by atoms with van der Waals surface area (Å²) in [6.07, 6.45) is 4.02. The predicted octanol–water partition coefficient (Wildman–Crippen LogP) is 3.79. The zero-order chi connectivity index (χ0) is 19.1. The second kappa shape index (κ2) is 6.99. The van der Waals surface area contributed by atoms with Gasteiger partial charge in [0.05, 0.1) is 23.7 Å². The standard InChI is InChI=1S/C19H24N6OS/c1-10(2)19-24-23-16(27-19)9-20-18(26)13-7-15(12-5-6-12)22-17-14(13)8-21-25(17)11(3)4/h7-8,10-12H,5-6,9H2,1-4H3,(H,20,26). The van der Waals surface area contributed by atoms with Crippen molar-refractivity contribution in [2.24, 2.45) is 0 Å². The van der Waals surface area contributed by atoms with Crippen LogP contribution in [0.5, 0.6) is 0 Å². The topological polar surface area (TPSA) is 85.6 Å². The molecule has 1 aliphatic rings. The summed E-state index contributed by atoms with van der Waals surface area (Å²) in [4.78, 5) is 17.7. The maximum atomic E-state index is 12.9. The number of hydrogen-bond donors (Lipinski definition) is 1. The van der Waals surface area contributed by atoms with Crippen molar-refractivity contribution in [2.75, 3.05) is 0 Å². The summed E-state index contributed by atoms with van der Waals surface area (Å²) in [7, 11) is 0. The van der Waals surface area contributed by atoms with E-state index in [-0.39, 0.29) is 11.9 Å². The zero-order valence-electron chi connectivity index (χ0n) is 16.1. The average Bonchev–Trinajstić information content (AvgIpc) is 3.21. The first-order valence-electron chi connectivity index (χ1n) is 9.42. The number of nitrogens with one attached hydrogen (secondary N) is 1. The Balaban J connectivity index is 1.62. The molecule has 3 heterocycles. The number of carbonyl (C=O) groups excluding carboxylic acids is 1. The lowest BCUT2D eigenvalue weighted by molar-refractivity contribution is 0.0952. The minimum atomic E-state index is -0.117. The summed E-state index contributed by atoms with van der Waals surface area (Å²) in [6, 6.07) is 2.12. The second-order valence-corrected chi connectivity index (χ2v) is 8.75. The van der Waals surface area contributed by atoms with E-state index >= 15 is 0 Å². The maximum Gasteiger partial charge on any atom is 0.252 e. The molecular formula is C19H24N6OS. The largest absolute Gasteiger partial charge is 0.345 e. The van der Waals surface area contributed by atoms with E-state index < -0.39 is 0 Å². The lowest BCUT2D eigenvalue weighted by atomic mass is 10.1. The Hall–Kier alpha value is -2.35. The molecule has 1 saturated carbocycles. The predicted molar refractivity (Wildman–Crippen MR) is 105 cm³/mol. The van der Waals surface area contributed by atoms with E-state index in [1.165, 1.54) is 0 Å². The highest BCUT2D eigenvalue weighted by molar-refractivity contribution is 7.11. The van der Waals surface area contributed by atoms with Crippen LogP contribution in [-0.4, -0.2) is 30.9 Å². The van der Waals surface area contributed by atoms with Crippen molar-refractivity contribution >= 4 is 28.3 Å². The summed E-state index contributed by atoms with van der Waals surface area (Å²) >= 11 is 1.54. The first-order valence-corrected chi connectivity index (χ1v) is 10.2. The number of pyridine rings is 1. The molecule has 0 spiro atoms. The minimum Gasteiger partial charge on any atom is -0.345 e. The van der Waals surface area contributed by atoms with Gasteiger partial charge in [-0.25, -0.2) is 9.67 Å². The molecule has 0 atom stereocenters. The Morgan fingerprint density at radius 2 is 2.07 bits per heavy atom. The van der Waals surface area contributed by atoms with E-state index in [1.54, 1.807) is 17.5 Å². The van der Waals surface area contributed by atoms with Gasteiger partial charge in [-0.1, -0.05) is 25.2 Å². The van der Waals surface area contributed by atoms with Crippen LogP contribution in [0.4, 0.5) is 0 Å². The number of rotatable bonds is 6. The van der Waals surface area contributed by atoms with Crippen molar-refractivity contribution in [1.29, 1.82) is 0 Å². The number of amides is 1. The molecule has 0 aromatic carbocycles. The molecule has 1 N–H and O–H groups in total. The third-order valence-corrected chi connectivity index (χ3v) is 5.92. The molecule has 1 aliphatic carbocycles. The van der Waals surface area contributed by atoms with Crippen LogP contribution in [0.2, 0.25) is 0 Å². The summed E-state index contributed by atoms with van der Waals surface area (Å²) < 4.78 is 1.89. The third kappa shape index (κ3) is 3.58. The Bertz CT molecular complexity index is 985. The first kappa shape index (κ1) is 18.0. The van der Waals surface area contributed by atoms with Gasteiger partial charge < -0.3 is 5.32 Å². The SMILES string of the molecule is CC(C)c1nnc(CNC(=O)c2cc(C3CC3)nc3c2cnn3C(C)C)s1. The average molecular weight is 385 g/mol. The Morgan fingerprint density at radius 1 is 1.30 bits per heavy atom. The van der Waals surface area contributed by atoms with Crippen LogP contribution in [0.15, 0.2) is 12.3 Å². The molecule has 1 amide bonds. The molecule has 4 rings (SSSR count). The van der Waals surface area contributed by atoms with E-state index in [4.69, 9.17) is 4.98 Å². The molecule has 8 heteroatoms. The van der Waals surface area contributed by atoms with E-state index in [0.717, 1.165) is 39.6 Å². The second-order valence-electron chi connectivity index (χ2n) is 7.66. The lowest BCUT2D eigenvalue weighted by Crippen LogP contribution is -2.23. The highest BCUT2D eigenvalue weighted by atomic mass is 32.1. The lowest BCUT2D eigenvalue weighted by Gasteiger charge is -2.10. The van der Waals surface area contributed by atoms with Crippen LogP contribution in [0, 0.1) is 0 Å². The van der Waals surface area contributed by atoms with Crippen LogP contribution in [-0.2, 0) is 6.54 Å². The van der Waals surface area contributed by atoms with E-state index in [2.05, 4.69) is 48.3 Å². The van der Waals surface area contributed by atoms with Gasteiger partial charge in [-0.3, -0.25) is 4.79 Å². The Morgan fingerprint density at radius 3 is 2.70 bits per heavy atom. The first-order chi connectivity index (χ1) is 12.9. The summed E-state index contributed by atoms with van der Waals surface area (Å²) in [5, 5.41) is 18.4. The molecule has 0 unspecified atom stereocenters. The van der Waals surface area contributed by atoms with Crippen LogP contribution < -0.4 is 5.32 Å². The van der Waals surface area contributed by atoms with Crippen molar-refractivity contribution in [2.45, 2.75) is 65.0 Å². The molecule has 3 aromatic rings. The summed E-state index contributed by atoms with van der Waals surface area (Å²) in [6.45, 7) is 8.69. The number of aromatic nitrogens is 5. The van der Waals surface area contributed by atoms with Gasteiger partial charge in [0.1, 0.15) is 10.0 Å². The van der Waals surface area contributed by atoms with Gasteiger partial charge in [0.15, 0.2) is 5.65 Å². The number of hydrogen-bond acceptors (Lipinski definition) is 6. The van der Waals surface area contributed by atoms with Gasteiger partial charge in [0, 0.05) is 23.6 Å². The molecule has 0 radical (unpaired) electrons. The Labute approximate surface area is 162 Å². The molecule has 3 aromatic heterocycles. The number of carbonyl (C=O) groups is 1.